The Hall–Kier alpha value is -2.91. The zero-order valence-electron chi connectivity index (χ0n) is 19.9. The normalized spacial score (nSPS) is 17.5. The van der Waals surface area contributed by atoms with Crippen LogP contribution in [0.5, 0.6) is 5.75 Å². The lowest BCUT2D eigenvalue weighted by atomic mass is 9.95. The number of para-hydroxylation sites is 2. The van der Waals surface area contributed by atoms with Crippen LogP contribution >= 0.6 is 15.9 Å². The first-order valence-electron chi connectivity index (χ1n) is 12.1. The van der Waals surface area contributed by atoms with Gasteiger partial charge in [-0.15, -0.1) is 0 Å². The van der Waals surface area contributed by atoms with Crippen LogP contribution in [0.1, 0.15) is 18.7 Å². The number of methoxy groups -OCH3 is 1. The van der Waals surface area contributed by atoms with Gasteiger partial charge in [0, 0.05) is 42.1 Å². The molecule has 2 saturated heterocycles. The summed E-state index contributed by atoms with van der Waals surface area (Å²) >= 11 is 3.48. The van der Waals surface area contributed by atoms with Crippen molar-refractivity contribution in [2.45, 2.75) is 19.4 Å². The topological polar surface area (TPSA) is 74.9 Å². The molecule has 8 nitrogen and oxygen atoms in total. The lowest BCUT2D eigenvalue weighted by Gasteiger charge is -2.39. The lowest BCUT2D eigenvalue weighted by molar-refractivity contribution is -0.137. The largest absolute Gasteiger partial charge is 0.495 e. The zero-order chi connectivity index (χ0) is 24.2. The molecule has 2 aliphatic heterocycles. The van der Waals surface area contributed by atoms with Crippen LogP contribution in [-0.2, 0) is 11.3 Å². The van der Waals surface area contributed by atoms with Crippen molar-refractivity contribution in [2.24, 2.45) is 5.92 Å². The number of carbonyl (C=O) groups excluding carboxylic acids is 1. The van der Waals surface area contributed by atoms with Crippen LogP contribution in [0.2, 0.25) is 0 Å². The highest BCUT2D eigenvalue weighted by atomic mass is 79.9. The van der Waals surface area contributed by atoms with Gasteiger partial charge in [-0.05, 0) is 50.2 Å². The lowest BCUT2D eigenvalue weighted by Crippen LogP contribution is -2.51. The van der Waals surface area contributed by atoms with E-state index in [2.05, 4.69) is 41.9 Å². The van der Waals surface area contributed by atoms with Crippen molar-refractivity contribution < 1.29 is 14.1 Å². The second-order valence-electron chi connectivity index (χ2n) is 9.06. The Morgan fingerprint density at radius 1 is 1.06 bits per heavy atom. The van der Waals surface area contributed by atoms with Crippen molar-refractivity contribution in [2.75, 3.05) is 51.3 Å². The van der Waals surface area contributed by atoms with Gasteiger partial charge >= 0.3 is 0 Å². The number of ether oxygens (including phenoxy) is 1. The summed E-state index contributed by atoms with van der Waals surface area (Å²) < 4.78 is 12.0. The third-order valence-corrected chi connectivity index (χ3v) is 7.36. The molecule has 3 aromatic rings. The number of rotatable bonds is 6. The molecule has 2 aliphatic rings. The van der Waals surface area contributed by atoms with Crippen molar-refractivity contribution in [3.63, 3.8) is 0 Å². The molecule has 9 heteroatoms. The predicted molar refractivity (Wildman–Crippen MR) is 137 cm³/mol. The van der Waals surface area contributed by atoms with E-state index in [1.165, 1.54) is 0 Å². The van der Waals surface area contributed by atoms with Crippen LogP contribution in [0.15, 0.2) is 57.5 Å². The molecule has 0 N–H and O–H groups in total. The fourth-order valence-corrected chi connectivity index (χ4v) is 5.31. The fraction of sp³-hybridized carbons (Fsp3) is 0.423. The first-order chi connectivity index (χ1) is 17.1. The summed E-state index contributed by atoms with van der Waals surface area (Å²) in [6.45, 7) is 5.46. The minimum absolute atomic E-state index is 0.0870. The van der Waals surface area contributed by atoms with Gasteiger partial charge in [0.05, 0.1) is 19.3 Å². The first kappa shape index (κ1) is 23.8. The number of nitrogens with zero attached hydrogens (tertiary/aromatic N) is 5. The Kier molecular flexibility index (Phi) is 7.34. The molecule has 0 atom stereocenters. The molecule has 184 valence electrons. The van der Waals surface area contributed by atoms with Gasteiger partial charge in [0.2, 0.25) is 17.6 Å². The maximum Gasteiger partial charge on any atom is 0.241 e. The Morgan fingerprint density at radius 3 is 2.57 bits per heavy atom. The van der Waals surface area contributed by atoms with E-state index in [1.807, 2.05) is 47.4 Å². The Balaban J connectivity index is 1.10. The van der Waals surface area contributed by atoms with Gasteiger partial charge in [-0.3, -0.25) is 9.69 Å². The molecule has 2 aromatic carbocycles. The smallest absolute Gasteiger partial charge is 0.241 e. The summed E-state index contributed by atoms with van der Waals surface area (Å²) in [5.41, 5.74) is 2.02. The summed E-state index contributed by atoms with van der Waals surface area (Å²) in [6, 6.07) is 15.9. The fourth-order valence-electron chi connectivity index (χ4n) is 4.91. The van der Waals surface area contributed by atoms with E-state index in [0.29, 0.717) is 24.2 Å². The monoisotopic (exact) mass is 539 g/mol. The van der Waals surface area contributed by atoms with Crippen LogP contribution in [0.3, 0.4) is 0 Å². The molecule has 1 aromatic heterocycles. The zero-order valence-corrected chi connectivity index (χ0v) is 21.5. The Bertz CT molecular complexity index is 1150. The van der Waals surface area contributed by atoms with Gasteiger partial charge in [-0.2, -0.15) is 4.98 Å². The summed E-state index contributed by atoms with van der Waals surface area (Å²) in [7, 11) is 1.70. The number of amides is 1. The molecule has 35 heavy (non-hydrogen) atoms. The maximum absolute atomic E-state index is 13.2. The average molecular weight is 540 g/mol. The van der Waals surface area contributed by atoms with Crippen molar-refractivity contribution in [3.8, 4) is 17.1 Å². The molecule has 0 radical (unpaired) electrons. The van der Waals surface area contributed by atoms with E-state index in [4.69, 9.17) is 9.26 Å². The van der Waals surface area contributed by atoms with Crippen LogP contribution in [-0.4, -0.2) is 72.2 Å². The van der Waals surface area contributed by atoms with Crippen LogP contribution in [0, 0.1) is 5.92 Å². The molecular formula is C26H30BrN5O3. The number of carbonyl (C=O) groups is 1. The third kappa shape index (κ3) is 5.51. The maximum atomic E-state index is 13.2. The number of hydrogen-bond acceptors (Lipinski definition) is 7. The average Bonchev–Trinajstić information content (AvgIpc) is 3.37. The summed E-state index contributed by atoms with van der Waals surface area (Å²) in [4.78, 5) is 24.4. The van der Waals surface area contributed by atoms with Gasteiger partial charge in [-0.25, -0.2) is 0 Å². The molecular weight excluding hydrogens is 510 g/mol. The van der Waals surface area contributed by atoms with Crippen LogP contribution in [0.25, 0.3) is 11.4 Å². The summed E-state index contributed by atoms with van der Waals surface area (Å²) in [5, 5.41) is 4.13. The SMILES string of the molecule is COc1ccccc1N1CCN(C(=O)C2CCN(Cc3nc(-c4cccc(Br)c4)no3)CC2)CC1. The van der Waals surface area contributed by atoms with E-state index in [9.17, 15) is 4.79 Å². The number of piperazine rings is 1. The predicted octanol–water partition coefficient (Wildman–Crippen LogP) is 4.07. The molecule has 0 saturated carbocycles. The number of aromatic nitrogens is 2. The third-order valence-electron chi connectivity index (χ3n) is 6.86. The molecule has 1 amide bonds. The number of halogens is 1. The molecule has 0 spiro atoms. The Labute approximate surface area is 214 Å². The molecule has 0 unspecified atom stereocenters. The van der Waals surface area contributed by atoms with Crippen molar-refractivity contribution in [1.29, 1.82) is 0 Å². The van der Waals surface area contributed by atoms with Gasteiger partial charge < -0.3 is 19.1 Å². The van der Waals surface area contributed by atoms with Crippen LogP contribution in [0.4, 0.5) is 5.69 Å². The minimum Gasteiger partial charge on any atom is -0.495 e. The standard InChI is InChI=1S/C26H30BrN5O3/c1-34-23-8-3-2-7-22(23)31-13-15-32(16-14-31)26(33)19-9-11-30(12-10-19)18-24-28-25(29-35-24)20-5-4-6-21(27)17-20/h2-8,17,19H,9-16,18H2,1H3. The van der Waals surface area contributed by atoms with Gasteiger partial charge in [0.1, 0.15) is 5.75 Å². The second kappa shape index (κ2) is 10.8. The highest BCUT2D eigenvalue weighted by Crippen LogP contribution is 2.29. The summed E-state index contributed by atoms with van der Waals surface area (Å²) in [6.07, 6.45) is 1.72. The molecule has 2 fully saturated rings. The van der Waals surface area contributed by atoms with Gasteiger partial charge in [0.25, 0.3) is 0 Å². The van der Waals surface area contributed by atoms with E-state index in [1.54, 1.807) is 7.11 Å². The number of benzene rings is 2. The molecule has 3 heterocycles. The minimum atomic E-state index is 0.0870. The highest BCUT2D eigenvalue weighted by molar-refractivity contribution is 9.10. The quantitative estimate of drug-likeness (QED) is 0.467. The van der Waals surface area contributed by atoms with E-state index >= 15 is 0 Å². The highest BCUT2D eigenvalue weighted by Gasteiger charge is 2.31. The molecule has 5 rings (SSSR count). The Morgan fingerprint density at radius 2 is 1.83 bits per heavy atom. The number of likely N-dealkylation sites (tertiary alicyclic amines) is 1. The van der Waals surface area contributed by atoms with Crippen molar-refractivity contribution in [1.82, 2.24) is 19.9 Å². The van der Waals surface area contributed by atoms with E-state index < -0.39 is 0 Å². The van der Waals surface area contributed by atoms with E-state index in [-0.39, 0.29) is 5.92 Å². The van der Waals surface area contributed by atoms with Crippen molar-refractivity contribution in [3.05, 3.63) is 58.9 Å². The van der Waals surface area contributed by atoms with Gasteiger partial charge in [-0.1, -0.05) is 45.4 Å². The summed E-state index contributed by atoms with van der Waals surface area (Å²) in [5.74, 6) is 2.46. The number of piperidine rings is 1. The van der Waals surface area contributed by atoms with Gasteiger partial charge in [0.15, 0.2) is 0 Å². The molecule has 0 bridgehead atoms. The molecule has 0 aliphatic carbocycles. The van der Waals surface area contributed by atoms with Crippen LogP contribution < -0.4 is 9.64 Å². The number of hydrogen-bond donors (Lipinski definition) is 0. The second-order valence-corrected chi connectivity index (χ2v) is 9.97. The van der Waals surface area contributed by atoms with Crippen molar-refractivity contribution >= 4 is 27.5 Å². The van der Waals surface area contributed by atoms with E-state index in [0.717, 1.165) is 73.6 Å². The number of anilines is 1. The first-order valence-corrected chi connectivity index (χ1v) is 12.9.